The van der Waals surface area contributed by atoms with Crippen molar-refractivity contribution in [1.82, 2.24) is 9.13 Å². The number of hydrogen-bond donors (Lipinski definition) is 1. The summed E-state index contributed by atoms with van der Waals surface area (Å²) in [6.07, 6.45) is 1.46. The van der Waals surface area contributed by atoms with Crippen LogP contribution in [-0.2, 0) is 17.9 Å². The SMILES string of the molecule is COc1cccc(NC(=O)Cn2c(=O)n(Cc3ccco3)c(=O)c3oc4ccccc4c32)c1. The van der Waals surface area contributed by atoms with Crippen LogP contribution in [0.1, 0.15) is 5.76 Å². The first-order valence-electron chi connectivity index (χ1n) is 10.2. The smallest absolute Gasteiger partial charge is 0.332 e. The number of carbonyl (C=O) groups excluding carboxylic acids is 1. The lowest BCUT2D eigenvalue weighted by molar-refractivity contribution is -0.116. The van der Waals surface area contributed by atoms with E-state index in [9.17, 15) is 14.4 Å². The molecule has 5 aromatic rings. The third kappa shape index (κ3) is 3.69. The monoisotopic (exact) mass is 445 g/mol. The van der Waals surface area contributed by atoms with Crippen molar-refractivity contribution in [3.63, 3.8) is 0 Å². The molecule has 0 aliphatic rings. The van der Waals surface area contributed by atoms with Gasteiger partial charge in [0.1, 0.15) is 29.2 Å². The second kappa shape index (κ2) is 8.19. The van der Waals surface area contributed by atoms with Crippen molar-refractivity contribution in [2.75, 3.05) is 12.4 Å². The van der Waals surface area contributed by atoms with E-state index >= 15 is 0 Å². The van der Waals surface area contributed by atoms with Gasteiger partial charge in [0.15, 0.2) is 0 Å². The zero-order chi connectivity index (χ0) is 22.9. The number of nitrogens with one attached hydrogen (secondary N) is 1. The van der Waals surface area contributed by atoms with Gasteiger partial charge in [-0.05, 0) is 36.4 Å². The predicted octanol–water partition coefficient (Wildman–Crippen LogP) is 3.20. The number of carbonyl (C=O) groups is 1. The second-order valence-electron chi connectivity index (χ2n) is 7.40. The van der Waals surface area contributed by atoms with Gasteiger partial charge in [-0.25, -0.2) is 9.36 Å². The Balaban J connectivity index is 1.63. The molecule has 9 heteroatoms. The Kier molecular flexibility index (Phi) is 5.06. The highest BCUT2D eigenvalue weighted by atomic mass is 16.5. The summed E-state index contributed by atoms with van der Waals surface area (Å²) < 4.78 is 18.5. The molecule has 0 spiro atoms. The minimum atomic E-state index is -0.642. The van der Waals surface area contributed by atoms with Crippen LogP contribution in [0.4, 0.5) is 5.69 Å². The number of fused-ring (bicyclic) bond motifs is 3. The first-order valence-corrected chi connectivity index (χ1v) is 10.2. The van der Waals surface area contributed by atoms with E-state index in [1.807, 2.05) is 0 Å². The maximum Gasteiger partial charge on any atom is 0.332 e. The van der Waals surface area contributed by atoms with E-state index in [0.717, 1.165) is 4.57 Å². The van der Waals surface area contributed by atoms with Crippen molar-refractivity contribution < 1.29 is 18.4 Å². The maximum absolute atomic E-state index is 13.4. The molecule has 0 saturated carbocycles. The fourth-order valence-electron chi connectivity index (χ4n) is 3.79. The van der Waals surface area contributed by atoms with Gasteiger partial charge in [-0.2, -0.15) is 0 Å². The molecule has 3 heterocycles. The highest BCUT2D eigenvalue weighted by molar-refractivity contribution is 6.03. The van der Waals surface area contributed by atoms with Crippen LogP contribution in [0.15, 0.2) is 85.4 Å². The Bertz CT molecular complexity index is 1590. The Morgan fingerprint density at radius 1 is 1.03 bits per heavy atom. The summed E-state index contributed by atoms with van der Waals surface area (Å²) in [6.45, 7) is -0.413. The van der Waals surface area contributed by atoms with Gasteiger partial charge in [0.2, 0.25) is 11.5 Å². The number of para-hydroxylation sites is 1. The summed E-state index contributed by atoms with van der Waals surface area (Å²) in [4.78, 5) is 39.4. The van der Waals surface area contributed by atoms with E-state index in [0.29, 0.717) is 28.2 Å². The number of furan rings is 2. The fourth-order valence-corrected chi connectivity index (χ4v) is 3.79. The zero-order valence-corrected chi connectivity index (χ0v) is 17.6. The molecule has 0 saturated heterocycles. The molecular weight excluding hydrogens is 426 g/mol. The van der Waals surface area contributed by atoms with Crippen LogP contribution in [0.25, 0.3) is 22.1 Å². The first kappa shape index (κ1) is 20.4. The van der Waals surface area contributed by atoms with Crippen molar-refractivity contribution in [2.45, 2.75) is 13.1 Å². The number of ether oxygens (including phenoxy) is 1. The number of hydrogen-bond acceptors (Lipinski definition) is 6. The van der Waals surface area contributed by atoms with E-state index in [-0.39, 0.29) is 24.2 Å². The standard InChI is InChI=1S/C24H19N3O6/c1-31-16-7-4-6-15(12-16)25-20(28)14-26-21-18-9-2-3-10-19(18)33-22(21)23(29)27(24(26)30)13-17-8-5-11-32-17/h2-12H,13-14H2,1H3,(H,25,28). The number of aromatic nitrogens is 2. The van der Waals surface area contributed by atoms with E-state index in [4.69, 9.17) is 13.6 Å². The van der Waals surface area contributed by atoms with Gasteiger partial charge in [0.25, 0.3) is 5.56 Å². The minimum absolute atomic E-state index is 0.00321. The molecule has 2 aromatic carbocycles. The molecule has 0 atom stereocenters. The summed E-state index contributed by atoms with van der Waals surface area (Å²) >= 11 is 0. The molecule has 0 fully saturated rings. The van der Waals surface area contributed by atoms with Crippen molar-refractivity contribution in [2.24, 2.45) is 0 Å². The van der Waals surface area contributed by atoms with Crippen LogP contribution in [0.3, 0.4) is 0 Å². The highest BCUT2D eigenvalue weighted by Gasteiger charge is 2.22. The average molecular weight is 445 g/mol. The van der Waals surface area contributed by atoms with Crippen molar-refractivity contribution in [1.29, 1.82) is 0 Å². The van der Waals surface area contributed by atoms with Gasteiger partial charge in [-0.15, -0.1) is 0 Å². The van der Waals surface area contributed by atoms with Gasteiger partial charge in [-0.1, -0.05) is 18.2 Å². The van der Waals surface area contributed by atoms with Gasteiger partial charge < -0.3 is 18.9 Å². The molecule has 166 valence electrons. The van der Waals surface area contributed by atoms with Crippen LogP contribution in [0.2, 0.25) is 0 Å². The minimum Gasteiger partial charge on any atom is -0.497 e. The lowest BCUT2D eigenvalue weighted by Crippen LogP contribution is -2.41. The summed E-state index contributed by atoms with van der Waals surface area (Å²) in [5, 5.41) is 3.33. The zero-order valence-electron chi connectivity index (χ0n) is 17.6. The maximum atomic E-state index is 13.4. The molecule has 0 aliphatic carbocycles. The molecule has 9 nitrogen and oxygen atoms in total. The molecule has 0 aliphatic heterocycles. The first-order chi connectivity index (χ1) is 16.0. The summed E-state index contributed by atoms with van der Waals surface area (Å²) in [6, 6.07) is 17.2. The van der Waals surface area contributed by atoms with Crippen LogP contribution >= 0.6 is 0 Å². The Labute approximate surface area is 186 Å². The van der Waals surface area contributed by atoms with Crippen LogP contribution in [-0.4, -0.2) is 22.2 Å². The van der Waals surface area contributed by atoms with Crippen LogP contribution in [0.5, 0.6) is 5.75 Å². The predicted molar refractivity (Wildman–Crippen MR) is 122 cm³/mol. The Morgan fingerprint density at radius 3 is 2.67 bits per heavy atom. The highest BCUT2D eigenvalue weighted by Crippen LogP contribution is 2.25. The molecule has 1 amide bonds. The Morgan fingerprint density at radius 2 is 1.88 bits per heavy atom. The van der Waals surface area contributed by atoms with Crippen molar-refractivity contribution >= 4 is 33.7 Å². The van der Waals surface area contributed by atoms with Crippen LogP contribution in [0, 0.1) is 0 Å². The van der Waals surface area contributed by atoms with Crippen LogP contribution < -0.4 is 21.3 Å². The average Bonchev–Trinajstić information content (AvgIpc) is 3.47. The molecule has 0 unspecified atom stereocenters. The number of amides is 1. The number of benzene rings is 2. The molecule has 0 bridgehead atoms. The molecule has 1 N–H and O–H groups in total. The van der Waals surface area contributed by atoms with Crippen molar-refractivity contribution in [3.8, 4) is 5.75 Å². The summed E-state index contributed by atoms with van der Waals surface area (Å²) in [5.41, 5.74) is 0.00299. The number of nitrogens with zero attached hydrogens (tertiary/aromatic N) is 2. The summed E-state index contributed by atoms with van der Waals surface area (Å²) in [5.74, 6) is 0.567. The number of rotatable bonds is 6. The lowest BCUT2D eigenvalue weighted by atomic mass is 10.2. The fraction of sp³-hybridized carbons (Fsp3) is 0.125. The normalized spacial score (nSPS) is 11.2. The topological polar surface area (TPSA) is 109 Å². The number of anilines is 1. The largest absolute Gasteiger partial charge is 0.497 e. The van der Waals surface area contributed by atoms with Gasteiger partial charge in [0, 0.05) is 17.1 Å². The molecule has 3 aromatic heterocycles. The quantitative estimate of drug-likeness (QED) is 0.430. The Hall–Kier alpha value is -4.53. The van der Waals surface area contributed by atoms with Crippen molar-refractivity contribution in [3.05, 3.63) is 93.5 Å². The van der Waals surface area contributed by atoms with E-state index in [2.05, 4.69) is 5.32 Å². The van der Waals surface area contributed by atoms with Gasteiger partial charge in [-0.3, -0.25) is 14.2 Å². The molecule has 5 rings (SSSR count). The third-order valence-corrected chi connectivity index (χ3v) is 5.29. The second-order valence-corrected chi connectivity index (χ2v) is 7.40. The van der Waals surface area contributed by atoms with Gasteiger partial charge >= 0.3 is 5.69 Å². The summed E-state index contributed by atoms with van der Waals surface area (Å²) in [7, 11) is 1.53. The molecule has 0 radical (unpaired) electrons. The third-order valence-electron chi connectivity index (χ3n) is 5.29. The lowest BCUT2D eigenvalue weighted by Gasteiger charge is -2.12. The number of methoxy groups -OCH3 is 1. The molecule has 33 heavy (non-hydrogen) atoms. The van der Waals surface area contributed by atoms with E-state index < -0.39 is 17.2 Å². The van der Waals surface area contributed by atoms with E-state index in [1.165, 1.54) is 17.9 Å². The molecular formula is C24H19N3O6. The van der Waals surface area contributed by atoms with E-state index in [1.54, 1.807) is 60.7 Å². The van der Waals surface area contributed by atoms with Gasteiger partial charge in [0.05, 0.1) is 19.9 Å².